The molecule has 8 heteroatoms. The van der Waals surface area contributed by atoms with Gasteiger partial charge >= 0.3 is 12.1 Å². The number of aryl methyl sites for hydroxylation is 1. The third-order valence-corrected chi connectivity index (χ3v) is 4.09. The summed E-state index contributed by atoms with van der Waals surface area (Å²) in [6.45, 7) is 4.11. The first-order valence-electron chi connectivity index (χ1n) is 7.49. The molecule has 1 aromatic heterocycles. The molecule has 0 aliphatic carbocycles. The highest BCUT2D eigenvalue weighted by molar-refractivity contribution is 5.77. The molecule has 0 fully saturated rings. The molecule has 1 heterocycles. The predicted octanol–water partition coefficient (Wildman–Crippen LogP) is 3.18. The Morgan fingerprint density at radius 1 is 1.33 bits per heavy atom. The number of fused-ring (bicyclic) bond motifs is 1. The second kappa shape index (κ2) is 6.43. The van der Waals surface area contributed by atoms with Gasteiger partial charge in [-0.2, -0.15) is 13.2 Å². The van der Waals surface area contributed by atoms with Crippen LogP contribution in [0.4, 0.5) is 13.2 Å². The van der Waals surface area contributed by atoms with E-state index in [1.54, 1.807) is 25.5 Å². The Morgan fingerprint density at radius 3 is 2.58 bits per heavy atom. The topological polar surface area (TPSA) is 67.2 Å². The van der Waals surface area contributed by atoms with Crippen LogP contribution < -0.4 is 5.32 Å². The Morgan fingerprint density at radius 2 is 2.00 bits per heavy atom. The van der Waals surface area contributed by atoms with Gasteiger partial charge in [0.25, 0.3) is 0 Å². The first-order chi connectivity index (χ1) is 11.0. The lowest BCUT2D eigenvalue weighted by molar-refractivity contribution is -0.147. The van der Waals surface area contributed by atoms with E-state index >= 15 is 0 Å². The lowest BCUT2D eigenvalue weighted by atomic mass is 9.90. The lowest BCUT2D eigenvalue weighted by Gasteiger charge is -2.18. The molecular weight excluding hydrogens is 323 g/mol. The van der Waals surface area contributed by atoms with Crippen molar-refractivity contribution >= 4 is 17.0 Å². The smallest absolute Gasteiger partial charge is 0.416 e. The number of carbonyl (C=O) groups is 1. The molecule has 5 nitrogen and oxygen atoms in total. The van der Waals surface area contributed by atoms with Crippen LogP contribution in [0.15, 0.2) is 18.2 Å². The van der Waals surface area contributed by atoms with Crippen LogP contribution in [0.2, 0.25) is 0 Å². The number of aromatic nitrogens is 2. The normalized spacial score (nSPS) is 12.8. The number of carboxylic acid groups (broad SMARTS) is 1. The predicted molar refractivity (Wildman–Crippen MR) is 83.5 cm³/mol. The number of halogens is 3. The molecule has 2 rings (SSSR count). The fraction of sp³-hybridized carbons (Fsp3) is 0.500. The molecular formula is C16H20F3N3O2. The summed E-state index contributed by atoms with van der Waals surface area (Å²) in [6, 6.07) is 3.48. The Hall–Kier alpha value is -2.09. The second-order valence-corrected chi connectivity index (χ2v) is 6.40. The lowest BCUT2D eigenvalue weighted by Crippen LogP contribution is -2.29. The molecule has 1 aromatic carbocycles. The van der Waals surface area contributed by atoms with Crippen LogP contribution in [0.3, 0.4) is 0 Å². The van der Waals surface area contributed by atoms with Crippen molar-refractivity contribution in [3.63, 3.8) is 0 Å². The van der Waals surface area contributed by atoms with Crippen LogP contribution in [0.25, 0.3) is 11.0 Å². The zero-order chi connectivity index (χ0) is 18.1. The molecule has 132 valence electrons. The van der Waals surface area contributed by atoms with E-state index in [4.69, 9.17) is 5.11 Å². The number of hydrogen-bond donors (Lipinski definition) is 2. The van der Waals surface area contributed by atoms with Gasteiger partial charge in [-0.25, -0.2) is 4.98 Å². The molecule has 0 radical (unpaired) electrons. The number of nitrogens with one attached hydrogen (secondary N) is 1. The van der Waals surface area contributed by atoms with Gasteiger partial charge < -0.3 is 15.0 Å². The molecule has 0 unspecified atom stereocenters. The molecule has 2 aromatic rings. The number of imidazole rings is 1. The van der Waals surface area contributed by atoms with E-state index in [0.717, 1.165) is 12.1 Å². The van der Waals surface area contributed by atoms with Gasteiger partial charge in [-0.3, -0.25) is 4.79 Å². The third-order valence-electron chi connectivity index (χ3n) is 4.09. The quantitative estimate of drug-likeness (QED) is 0.791. The molecule has 0 bridgehead atoms. The zero-order valence-electron chi connectivity index (χ0n) is 13.7. The average Bonchev–Trinajstić information content (AvgIpc) is 2.78. The van der Waals surface area contributed by atoms with E-state index in [1.165, 1.54) is 6.07 Å². The highest BCUT2D eigenvalue weighted by Gasteiger charge is 2.31. The molecule has 0 atom stereocenters. The standard InChI is InChI=1S/C16H20F3N3O2/c1-15(2,14(23)24)6-7-20-9-13-21-11-8-10(16(17,18)19)4-5-12(11)22(13)3/h4-5,8,20H,6-7,9H2,1-3H3,(H,23,24). The maximum absolute atomic E-state index is 12.8. The number of nitrogens with zero attached hydrogens (tertiary/aromatic N) is 2. The van der Waals surface area contributed by atoms with Gasteiger partial charge in [0, 0.05) is 7.05 Å². The number of benzene rings is 1. The summed E-state index contributed by atoms with van der Waals surface area (Å²) in [6.07, 6.45) is -3.96. The average molecular weight is 343 g/mol. The first kappa shape index (κ1) is 18.3. The van der Waals surface area contributed by atoms with Crippen molar-refractivity contribution < 1.29 is 23.1 Å². The SMILES string of the molecule is Cn1c(CNCCC(C)(C)C(=O)O)nc2cc(C(F)(F)F)ccc21. The van der Waals surface area contributed by atoms with Crippen LogP contribution in [-0.4, -0.2) is 27.2 Å². The number of carboxylic acids is 1. The van der Waals surface area contributed by atoms with Gasteiger partial charge in [0.2, 0.25) is 0 Å². The zero-order valence-corrected chi connectivity index (χ0v) is 13.7. The Labute approximate surface area is 137 Å². The minimum atomic E-state index is -4.40. The van der Waals surface area contributed by atoms with Gasteiger partial charge in [-0.1, -0.05) is 0 Å². The van der Waals surface area contributed by atoms with Crippen molar-refractivity contribution in [1.29, 1.82) is 0 Å². The van der Waals surface area contributed by atoms with E-state index in [2.05, 4.69) is 10.3 Å². The van der Waals surface area contributed by atoms with Gasteiger partial charge in [0.15, 0.2) is 0 Å². The van der Waals surface area contributed by atoms with Crippen molar-refractivity contribution in [3.8, 4) is 0 Å². The fourth-order valence-electron chi connectivity index (χ4n) is 2.29. The van der Waals surface area contributed by atoms with Crippen LogP contribution in [0.5, 0.6) is 0 Å². The maximum atomic E-state index is 12.8. The van der Waals surface area contributed by atoms with Crippen molar-refractivity contribution in [3.05, 3.63) is 29.6 Å². The van der Waals surface area contributed by atoms with Crippen LogP contribution in [0.1, 0.15) is 31.7 Å². The highest BCUT2D eigenvalue weighted by atomic mass is 19.4. The number of hydrogen-bond acceptors (Lipinski definition) is 3. The van der Waals surface area contributed by atoms with Gasteiger partial charge in [-0.15, -0.1) is 0 Å². The number of rotatable bonds is 6. The van der Waals surface area contributed by atoms with Crippen molar-refractivity contribution in [2.24, 2.45) is 12.5 Å². The summed E-state index contributed by atoms with van der Waals surface area (Å²) in [5.41, 5.74) is -0.655. The highest BCUT2D eigenvalue weighted by Crippen LogP contribution is 2.31. The maximum Gasteiger partial charge on any atom is 0.416 e. The summed E-state index contributed by atoms with van der Waals surface area (Å²) in [4.78, 5) is 15.3. The van der Waals surface area contributed by atoms with E-state index in [1.807, 2.05) is 0 Å². The van der Waals surface area contributed by atoms with E-state index in [9.17, 15) is 18.0 Å². The summed E-state index contributed by atoms with van der Waals surface area (Å²) in [5, 5.41) is 12.1. The fourth-order valence-corrected chi connectivity index (χ4v) is 2.29. The van der Waals surface area contributed by atoms with Crippen molar-refractivity contribution in [1.82, 2.24) is 14.9 Å². The van der Waals surface area contributed by atoms with Crippen LogP contribution in [0, 0.1) is 5.41 Å². The van der Waals surface area contributed by atoms with E-state index < -0.39 is 23.1 Å². The molecule has 24 heavy (non-hydrogen) atoms. The molecule has 0 saturated heterocycles. The largest absolute Gasteiger partial charge is 0.481 e. The van der Waals surface area contributed by atoms with Gasteiger partial charge in [-0.05, 0) is 45.0 Å². The monoisotopic (exact) mass is 343 g/mol. The molecule has 2 N–H and O–H groups in total. The van der Waals surface area contributed by atoms with Crippen LogP contribution in [-0.2, 0) is 24.6 Å². The molecule has 0 amide bonds. The van der Waals surface area contributed by atoms with Crippen molar-refractivity contribution in [2.45, 2.75) is 33.0 Å². The van der Waals surface area contributed by atoms with Crippen molar-refractivity contribution in [2.75, 3.05) is 6.54 Å². The van der Waals surface area contributed by atoms with Gasteiger partial charge in [0.05, 0.1) is 28.6 Å². The van der Waals surface area contributed by atoms with E-state index in [0.29, 0.717) is 30.9 Å². The summed E-state index contributed by atoms with van der Waals surface area (Å²) >= 11 is 0. The van der Waals surface area contributed by atoms with E-state index in [-0.39, 0.29) is 5.52 Å². The second-order valence-electron chi connectivity index (χ2n) is 6.40. The number of aliphatic carboxylic acids is 1. The molecule has 0 aliphatic rings. The Kier molecular flexibility index (Phi) is 4.89. The molecule has 0 saturated carbocycles. The summed E-state index contributed by atoms with van der Waals surface area (Å²) < 4.78 is 40.0. The Bertz CT molecular complexity index is 751. The van der Waals surface area contributed by atoms with Crippen LogP contribution >= 0.6 is 0 Å². The molecule has 0 spiro atoms. The summed E-state index contributed by atoms with van der Waals surface area (Å²) in [5.74, 6) is -0.274. The minimum Gasteiger partial charge on any atom is -0.481 e. The minimum absolute atomic E-state index is 0.287. The first-order valence-corrected chi connectivity index (χ1v) is 7.49. The third kappa shape index (κ3) is 3.87. The molecule has 0 aliphatic heterocycles. The van der Waals surface area contributed by atoms with Gasteiger partial charge in [0.1, 0.15) is 5.82 Å². The Balaban J connectivity index is 2.08. The summed E-state index contributed by atoms with van der Waals surface area (Å²) in [7, 11) is 1.74. The number of alkyl halides is 3.